The first-order chi connectivity index (χ1) is 11.5. The number of rotatable bonds is 7. The molecule has 1 heterocycles. The minimum atomic E-state index is -0.346. The number of hydrogen-bond donors (Lipinski definition) is 0. The Morgan fingerprint density at radius 2 is 2.00 bits per heavy atom. The summed E-state index contributed by atoms with van der Waals surface area (Å²) in [6.07, 6.45) is 0.762. The van der Waals surface area contributed by atoms with Gasteiger partial charge in [0.1, 0.15) is 0 Å². The van der Waals surface area contributed by atoms with E-state index in [1.165, 1.54) is 5.56 Å². The number of carbonyl (C=O) groups is 2. The molecular weight excluding hydrogens is 308 g/mol. The van der Waals surface area contributed by atoms with Gasteiger partial charge in [-0.1, -0.05) is 35.0 Å². The molecule has 0 spiro atoms. The molecule has 24 heavy (non-hydrogen) atoms. The topological polar surface area (TPSA) is 68.2 Å². The summed E-state index contributed by atoms with van der Waals surface area (Å²) in [5.41, 5.74) is 3.13. The second kappa shape index (κ2) is 8.47. The van der Waals surface area contributed by atoms with Crippen LogP contribution in [-0.4, -0.2) is 48.8 Å². The van der Waals surface area contributed by atoms with Crippen molar-refractivity contribution in [3.63, 3.8) is 0 Å². The van der Waals surface area contributed by atoms with Crippen LogP contribution in [-0.2, 0) is 19.2 Å². The lowest BCUT2D eigenvalue weighted by Crippen LogP contribution is -2.34. The van der Waals surface area contributed by atoms with Gasteiger partial charge in [-0.15, -0.1) is 0 Å². The summed E-state index contributed by atoms with van der Waals surface area (Å²) in [5, 5.41) is 4.13. The van der Waals surface area contributed by atoms with E-state index in [4.69, 9.17) is 9.57 Å². The van der Waals surface area contributed by atoms with E-state index in [0.29, 0.717) is 19.6 Å². The smallest absolute Gasteiger partial charge is 0.306 e. The molecular formula is C18H24N2O4. The highest BCUT2D eigenvalue weighted by molar-refractivity contribution is 6.01. The number of benzene rings is 1. The maximum atomic E-state index is 12.1. The molecule has 1 aliphatic rings. The Bertz CT molecular complexity index is 610. The molecule has 6 heteroatoms. The zero-order chi connectivity index (χ0) is 17.5. The Labute approximate surface area is 142 Å². The third-order valence-electron chi connectivity index (χ3n) is 3.87. The lowest BCUT2D eigenvalue weighted by atomic mass is 10.0. The molecule has 6 nitrogen and oxygen atoms in total. The molecule has 1 aromatic carbocycles. The number of hydrogen-bond acceptors (Lipinski definition) is 5. The van der Waals surface area contributed by atoms with Crippen molar-refractivity contribution in [2.24, 2.45) is 5.16 Å². The van der Waals surface area contributed by atoms with Gasteiger partial charge in [-0.3, -0.25) is 9.59 Å². The Morgan fingerprint density at radius 3 is 2.67 bits per heavy atom. The lowest BCUT2D eigenvalue weighted by Gasteiger charge is -2.19. The monoisotopic (exact) mass is 332 g/mol. The first kappa shape index (κ1) is 18.0. The van der Waals surface area contributed by atoms with E-state index in [1.54, 1.807) is 18.9 Å². The van der Waals surface area contributed by atoms with E-state index < -0.39 is 0 Å². The normalized spacial score (nSPS) is 16.3. The molecule has 0 saturated heterocycles. The Kier molecular flexibility index (Phi) is 6.35. The van der Waals surface area contributed by atoms with Crippen molar-refractivity contribution in [1.82, 2.24) is 4.90 Å². The van der Waals surface area contributed by atoms with Gasteiger partial charge in [0.2, 0.25) is 5.91 Å². The molecule has 1 unspecified atom stereocenters. The van der Waals surface area contributed by atoms with Crippen LogP contribution in [0.5, 0.6) is 0 Å². The third kappa shape index (κ3) is 5.08. The molecule has 130 valence electrons. The number of likely N-dealkylation sites (N-methyl/N-ethyl adjacent to an activating group) is 1. The summed E-state index contributed by atoms with van der Waals surface area (Å²) in [6.45, 7) is 4.56. The molecule has 2 rings (SSSR count). The maximum absolute atomic E-state index is 12.1. The van der Waals surface area contributed by atoms with Crippen molar-refractivity contribution >= 4 is 17.6 Å². The predicted octanol–water partition coefficient (Wildman–Crippen LogP) is 2.29. The second-order valence-electron chi connectivity index (χ2n) is 5.91. The zero-order valence-corrected chi connectivity index (χ0v) is 14.4. The quantitative estimate of drug-likeness (QED) is 0.719. The molecule has 0 aliphatic carbocycles. The van der Waals surface area contributed by atoms with Crippen LogP contribution in [0, 0.1) is 6.92 Å². The first-order valence-corrected chi connectivity index (χ1v) is 8.19. The fourth-order valence-electron chi connectivity index (χ4n) is 2.48. The van der Waals surface area contributed by atoms with E-state index >= 15 is 0 Å². The number of nitrogens with zero attached hydrogens (tertiary/aromatic N) is 2. The number of esters is 1. The van der Waals surface area contributed by atoms with Crippen LogP contribution in [0.25, 0.3) is 0 Å². The van der Waals surface area contributed by atoms with Crippen molar-refractivity contribution in [2.45, 2.75) is 39.2 Å². The van der Waals surface area contributed by atoms with E-state index in [1.807, 2.05) is 31.2 Å². The van der Waals surface area contributed by atoms with Crippen molar-refractivity contribution in [3.8, 4) is 0 Å². The SMILES string of the molecule is CCOC(=O)CCC(=O)N(C)CC1CC(c2ccc(C)cc2)=NO1. The first-order valence-electron chi connectivity index (χ1n) is 8.19. The van der Waals surface area contributed by atoms with Gasteiger partial charge in [0, 0.05) is 19.9 Å². The summed E-state index contributed by atoms with van der Waals surface area (Å²) in [4.78, 5) is 30.4. The highest BCUT2D eigenvalue weighted by atomic mass is 16.6. The van der Waals surface area contributed by atoms with Crippen molar-refractivity contribution < 1.29 is 19.2 Å². The van der Waals surface area contributed by atoms with Gasteiger partial charge in [-0.05, 0) is 19.4 Å². The van der Waals surface area contributed by atoms with Crippen LogP contribution >= 0.6 is 0 Å². The minimum Gasteiger partial charge on any atom is -0.466 e. The fraction of sp³-hybridized carbons (Fsp3) is 0.500. The molecule has 0 fully saturated rings. The number of amides is 1. The van der Waals surface area contributed by atoms with Crippen LogP contribution in [0.1, 0.15) is 37.3 Å². The molecule has 0 aromatic heterocycles. The van der Waals surface area contributed by atoms with Gasteiger partial charge in [-0.25, -0.2) is 0 Å². The third-order valence-corrected chi connectivity index (χ3v) is 3.87. The minimum absolute atomic E-state index is 0.101. The van der Waals surface area contributed by atoms with Crippen LogP contribution in [0.2, 0.25) is 0 Å². The molecule has 0 bridgehead atoms. The van der Waals surface area contributed by atoms with Gasteiger partial charge in [0.15, 0.2) is 6.10 Å². The average molecular weight is 332 g/mol. The molecule has 1 atom stereocenters. The van der Waals surface area contributed by atoms with Crippen molar-refractivity contribution in [2.75, 3.05) is 20.2 Å². The largest absolute Gasteiger partial charge is 0.466 e. The van der Waals surface area contributed by atoms with Crippen LogP contribution in [0.15, 0.2) is 29.4 Å². The van der Waals surface area contributed by atoms with Gasteiger partial charge in [0.05, 0.1) is 25.3 Å². The number of carbonyl (C=O) groups excluding carboxylic acids is 2. The molecule has 1 aliphatic heterocycles. The Hall–Kier alpha value is -2.37. The Balaban J connectivity index is 1.77. The average Bonchev–Trinajstić information content (AvgIpc) is 3.02. The zero-order valence-electron chi connectivity index (χ0n) is 14.4. The van der Waals surface area contributed by atoms with Gasteiger partial charge >= 0.3 is 5.97 Å². The summed E-state index contributed by atoms with van der Waals surface area (Å²) >= 11 is 0. The van der Waals surface area contributed by atoms with Crippen LogP contribution in [0.4, 0.5) is 0 Å². The van der Waals surface area contributed by atoms with Crippen molar-refractivity contribution in [1.29, 1.82) is 0 Å². The summed E-state index contributed by atoms with van der Waals surface area (Å²) in [7, 11) is 1.71. The van der Waals surface area contributed by atoms with E-state index in [-0.39, 0.29) is 30.8 Å². The summed E-state index contributed by atoms with van der Waals surface area (Å²) < 4.78 is 4.82. The van der Waals surface area contributed by atoms with Gasteiger partial charge in [-0.2, -0.15) is 0 Å². The highest BCUT2D eigenvalue weighted by Gasteiger charge is 2.25. The number of oxime groups is 1. The summed E-state index contributed by atoms with van der Waals surface area (Å²) in [6, 6.07) is 8.12. The van der Waals surface area contributed by atoms with Crippen molar-refractivity contribution in [3.05, 3.63) is 35.4 Å². The molecule has 0 radical (unpaired) electrons. The lowest BCUT2D eigenvalue weighted by molar-refractivity contribution is -0.145. The second-order valence-corrected chi connectivity index (χ2v) is 5.91. The number of aryl methyl sites for hydroxylation is 1. The van der Waals surface area contributed by atoms with E-state index in [2.05, 4.69) is 5.16 Å². The van der Waals surface area contributed by atoms with E-state index in [9.17, 15) is 9.59 Å². The molecule has 1 aromatic rings. The predicted molar refractivity (Wildman–Crippen MR) is 90.7 cm³/mol. The maximum Gasteiger partial charge on any atom is 0.306 e. The Morgan fingerprint density at radius 1 is 1.29 bits per heavy atom. The van der Waals surface area contributed by atoms with Gasteiger partial charge < -0.3 is 14.5 Å². The van der Waals surface area contributed by atoms with Gasteiger partial charge in [0.25, 0.3) is 0 Å². The standard InChI is InChI=1S/C18H24N2O4/c1-4-23-18(22)10-9-17(21)20(3)12-15-11-16(19-24-15)14-7-5-13(2)6-8-14/h5-8,15H,4,9-12H2,1-3H3. The molecule has 0 saturated carbocycles. The number of ether oxygens (including phenoxy) is 1. The van der Waals surface area contributed by atoms with Crippen LogP contribution in [0.3, 0.4) is 0 Å². The summed E-state index contributed by atoms with van der Waals surface area (Å²) in [5.74, 6) is -0.447. The highest BCUT2D eigenvalue weighted by Crippen LogP contribution is 2.18. The van der Waals surface area contributed by atoms with E-state index in [0.717, 1.165) is 11.3 Å². The molecule has 1 amide bonds. The van der Waals surface area contributed by atoms with Crippen LogP contribution < -0.4 is 0 Å². The molecule has 0 N–H and O–H groups in total. The fourth-order valence-corrected chi connectivity index (χ4v) is 2.48.